The van der Waals surface area contributed by atoms with Gasteiger partial charge in [0.1, 0.15) is 11.5 Å². The standard InChI is InChI=1S/C20H24N2O4/c1-3-25-17-9-5-15(6-10-17)21-19(23)13-14-20(24)22-16-7-11-18(12-8-16)26-4-2/h5-12H,3-4,13-14H2,1-2H3,(H,21,23)(H,22,24). The maximum Gasteiger partial charge on any atom is 0.224 e. The van der Waals surface area contributed by atoms with Crippen LogP contribution in [0.5, 0.6) is 11.5 Å². The Morgan fingerprint density at radius 2 is 1.04 bits per heavy atom. The number of carbonyl (C=O) groups excluding carboxylic acids is 2. The zero-order valence-corrected chi connectivity index (χ0v) is 15.1. The molecule has 0 fully saturated rings. The molecule has 6 heteroatoms. The number of amides is 2. The number of anilines is 2. The smallest absolute Gasteiger partial charge is 0.224 e. The van der Waals surface area contributed by atoms with Crippen LogP contribution in [-0.2, 0) is 9.59 Å². The summed E-state index contributed by atoms with van der Waals surface area (Å²) in [6.07, 6.45) is 0.214. The lowest BCUT2D eigenvalue weighted by atomic mass is 10.2. The highest BCUT2D eigenvalue weighted by atomic mass is 16.5. The summed E-state index contributed by atoms with van der Waals surface area (Å²) in [6, 6.07) is 14.2. The Morgan fingerprint density at radius 1 is 0.692 bits per heavy atom. The first-order valence-electron chi connectivity index (χ1n) is 8.66. The minimum absolute atomic E-state index is 0.107. The van der Waals surface area contributed by atoms with Gasteiger partial charge in [-0.3, -0.25) is 9.59 Å². The highest BCUT2D eigenvalue weighted by Gasteiger charge is 2.08. The van der Waals surface area contributed by atoms with Gasteiger partial charge in [0, 0.05) is 24.2 Å². The van der Waals surface area contributed by atoms with Crippen LogP contribution in [0.25, 0.3) is 0 Å². The normalized spacial score (nSPS) is 10.1. The maximum atomic E-state index is 12.0. The van der Waals surface area contributed by atoms with Gasteiger partial charge < -0.3 is 20.1 Å². The molecule has 0 atom stereocenters. The molecule has 0 aliphatic heterocycles. The van der Waals surface area contributed by atoms with Gasteiger partial charge >= 0.3 is 0 Å². The van der Waals surface area contributed by atoms with Crippen molar-refractivity contribution in [2.75, 3.05) is 23.8 Å². The molecule has 0 aliphatic rings. The highest BCUT2D eigenvalue weighted by molar-refractivity contribution is 5.96. The van der Waals surface area contributed by atoms with Gasteiger partial charge in [0.2, 0.25) is 11.8 Å². The van der Waals surface area contributed by atoms with E-state index in [2.05, 4.69) is 10.6 Å². The molecule has 6 nitrogen and oxygen atoms in total. The largest absolute Gasteiger partial charge is 0.494 e. The van der Waals surface area contributed by atoms with Gasteiger partial charge in [-0.1, -0.05) is 0 Å². The lowest BCUT2D eigenvalue weighted by molar-refractivity contribution is -0.121. The Balaban J connectivity index is 1.74. The summed E-state index contributed by atoms with van der Waals surface area (Å²) >= 11 is 0. The van der Waals surface area contributed by atoms with E-state index in [0.29, 0.717) is 24.6 Å². The fraction of sp³-hybridized carbons (Fsp3) is 0.300. The first kappa shape index (κ1) is 19.3. The topological polar surface area (TPSA) is 76.7 Å². The average Bonchev–Trinajstić information content (AvgIpc) is 2.64. The predicted octanol–water partition coefficient (Wildman–Crippen LogP) is 3.84. The van der Waals surface area contributed by atoms with Crippen LogP contribution in [0.15, 0.2) is 48.5 Å². The first-order valence-corrected chi connectivity index (χ1v) is 8.66. The molecule has 0 aliphatic carbocycles. The summed E-state index contributed by atoms with van der Waals surface area (Å²) in [5.74, 6) is 1.08. The van der Waals surface area contributed by atoms with E-state index in [9.17, 15) is 9.59 Å². The molecule has 0 unspecified atom stereocenters. The van der Waals surface area contributed by atoms with E-state index in [1.807, 2.05) is 13.8 Å². The van der Waals surface area contributed by atoms with Crippen molar-refractivity contribution >= 4 is 23.2 Å². The summed E-state index contributed by atoms with van der Waals surface area (Å²) in [7, 11) is 0. The fourth-order valence-corrected chi connectivity index (χ4v) is 2.28. The molecule has 2 N–H and O–H groups in total. The zero-order valence-electron chi connectivity index (χ0n) is 15.1. The van der Waals surface area contributed by atoms with Crippen LogP contribution in [0.3, 0.4) is 0 Å². The molecule has 26 heavy (non-hydrogen) atoms. The second-order valence-corrected chi connectivity index (χ2v) is 5.51. The molecule has 2 aromatic rings. The third kappa shape index (κ3) is 6.47. The summed E-state index contributed by atoms with van der Waals surface area (Å²) < 4.78 is 10.7. The Kier molecular flexibility index (Phi) is 7.49. The number of hydrogen-bond acceptors (Lipinski definition) is 4. The lowest BCUT2D eigenvalue weighted by Crippen LogP contribution is -2.17. The van der Waals surface area contributed by atoms with Crippen molar-refractivity contribution in [2.24, 2.45) is 0 Å². The van der Waals surface area contributed by atoms with Crippen LogP contribution in [0.1, 0.15) is 26.7 Å². The summed E-state index contributed by atoms with van der Waals surface area (Å²) in [5, 5.41) is 5.52. The molecule has 0 bridgehead atoms. The number of nitrogens with one attached hydrogen (secondary N) is 2. The van der Waals surface area contributed by atoms with E-state index in [0.717, 1.165) is 11.5 Å². The highest BCUT2D eigenvalue weighted by Crippen LogP contribution is 2.17. The number of ether oxygens (including phenoxy) is 2. The van der Waals surface area contributed by atoms with Crippen molar-refractivity contribution in [3.05, 3.63) is 48.5 Å². The van der Waals surface area contributed by atoms with E-state index in [1.165, 1.54) is 0 Å². The van der Waals surface area contributed by atoms with Gasteiger partial charge in [-0.15, -0.1) is 0 Å². The van der Waals surface area contributed by atoms with Crippen molar-refractivity contribution < 1.29 is 19.1 Å². The number of benzene rings is 2. The third-order valence-electron chi connectivity index (χ3n) is 3.48. The van der Waals surface area contributed by atoms with Crippen LogP contribution in [0.4, 0.5) is 11.4 Å². The fourth-order valence-electron chi connectivity index (χ4n) is 2.28. The van der Waals surface area contributed by atoms with Crippen molar-refractivity contribution in [3.63, 3.8) is 0 Å². The van der Waals surface area contributed by atoms with Crippen molar-refractivity contribution in [1.29, 1.82) is 0 Å². The molecule has 0 saturated carbocycles. The molecule has 2 aromatic carbocycles. The Labute approximate surface area is 153 Å². The van der Waals surface area contributed by atoms with Crippen molar-refractivity contribution in [3.8, 4) is 11.5 Å². The molecule has 0 aromatic heterocycles. The quantitative estimate of drug-likeness (QED) is 0.716. The second kappa shape index (κ2) is 10.1. The number of rotatable bonds is 9. The van der Waals surface area contributed by atoms with E-state index in [-0.39, 0.29) is 24.7 Å². The lowest BCUT2D eigenvalue weighted by Gasteiger charge is -2.08. The van der Waals surface area contributed by atoms with Crippen molar-refractivity contribution in [2.45, 2.75) is 26.7 Å². The van der Waals surface area contributed by atoms with Crippen molar-refractivity contribution in [1.82, 2.24) is 0 Å². The van der Waals surface area contributed by atoms with Crippen LogP contribution >= 0.6 is 0 Å². The zero-order chi connectivity index (χ0) is 18.8. The van der Waals surface area contributed by atoms with Gasteiger partial charge in [0.25, 0.3) is 0 Å². The Morgan fingerprint density at radius 3 is 1.35 bits per heavy atom. The van der Waals surface area contributed by atoms with E-state index in [4.69, 9.17) is 9.47 Å². The molecular weight excluding hydrogens is 332 g/mol. The molecule has 0 saturated heterocycles. The predicted molar refractivity (Wildman–Crippen MR) is 102 cm³/mol. The van der Waals surface area contributed by atoms with E-state index in [1.54, 1.807) is 48.5 Å². The summed E-state index contributed by atoms with van der Waals surface area (Å²) in [4.78, 5) is 23.9. The summed E-state index contributed by atoms with van der Waals surface area (Å²) in [6.45, 7) is 5.01. The number of carbonyl (C=O) groups is 2. The van der Waals surface area contributed by atoms with E-state index < -0.39 is 0 Å². The molecule has 0 heterocycles. The minimum atomic E-state index is -0.212. The van der Waals surface area contributed by atoms with E-state index >= 15 is 0 Å². The van der Waals surface area contributed by atoms with Crippen LogP contribution in [-0.4, -0.2) is 25.0 Å². The average molecular weight is 356 g/mol. The monoisotopic (exact) mass is 356 g/mol. The second-order valence-electron chi connectivity index (χ2n) is 5.51. The van der Waals surface area contributed by atoms with Crippen LogP contribution in [0.2, 0.25) is 0 Å². The molecule has 2 rings (SSSR count). The van der Waals surface area contributed by atoms with Crippen LogP contribution in [0, 0.1) is 0 Å². The number of hydrogen-bond donors (Lipinski definition) is 2. The first-order chi connectivity index (χ1) is 12.6. The molecule has 138 valence electrons. The summed E-state index contributed by atoms with van der Waals surface area (Å²) in [5.41, 5.74) is 1.34. The Hall–Kier alpha value is -3.02. The SMILES string of the molecule is CCOc1ccc(NC(=O)CCC(=O)Nc2ccc(OCC)cc2)cc1. The van der Waals surface area contributed by atoms with Gasteiger partial charge in [0.15, 0.2) is 0 Å². The minimum Gasteiger partial charge on any atom is -0.494 e. The van der Waals surface area contributed by atoms with Gasteiger partial charge in [0.05, 0.1) is 13.2 Å². The van der Waals surface area contributed by atoms with Gasteiger partial charge in [-0.05, 0) is 62.4 Å². The van der Waals surface area contributed by atoms with Crippen LogP contribution < -0.4 is 20.1 Å². The third-order valence-corrected chi connectivity index (χ3v) is 3.48. The molecule has 0 spiro atoms. The molecule has 0 radical (unpaired) electrons. The van der Waals surface area contributed by atoms with Gasteiger partial charge in [-0.25, -0.2) is 0 Å². The molecule has 2 amide bonds. The maximum absolute atomic E-state index is 12.0. The Bertz CT molecular complexity index is 648. The molecular formula is C20H24N2O4. The van der Waals surface area contributed by atoms with Gasteiger partial charge in [-0.2, -0.15) is 0 Å².